The van der Waals surface area contributed by atoms with Crippen LogP contribution in [0.4, 0.5) is 0 Å². The Labute approximate surface area is 110 Å². The van der Waals surface area contributed by atoms with Gasteiger partial charge < -0.3 is 5.32 Å². The van der Waals surface area contributed by atoms with Crippen LogP contribution in [0, 0.1) is 0 Å². The molecule has 0 unspecified atom stereocenters. The summed E-state index contributed by atoms with van der Waals surface area (Å²) in [5.74, 6) is 1.20. The van der Waals surface area contributed by atoms with E-state index in [2.05, 4.69) is 23.5 Å². The summed E-state index contributed by atoms with van der Waals surface area (Å²) in [6, 6.07) is 8.46. The van der Waals surface area contributed by atoms with Crippen LogP contribution in [0.1, 0.15) is 36.8 Å². The van der Waals surface area contributed by atoms with Crippen molar-refractivity contribution in [2.24, 2.45) is 0 Å². The van der Waals surface area contributed by atoms with E-state index in [9.17, 15) is 8.42 Å². The maximum Gasteiger partial charge on any atom is 0.151 e. The fourth-order valence-corrected chi connectivity index (χ4v) is 2.83. The van der Waals surface area contributed by atoms with Crippen molar-refractivity contribution in [2.45, 2.75) is 32.2 Å². The first kappa shape index (κ1) is 13.6. The summed E-state index contributed by atoms with van der Waals surface area (Å²) in [5, 5.41) is 3.24. The molecular weight excluding hydrogens is 246 g/mol. The van der Waals surface area contributed by atoms with Crippen molar-refractivity contribution >= 4 is 9.84 Å². The van der Waals surface area contributed by atoms with Crippen LogP contribution in [0.2, 0.25) is 0 Å². The molecule has 1 N–H and O–H groups in total. The van der Waals surface area contributed by atoms with Crippen LogP contribution in [-0.2, 0) is 16.4 Å². The maximum atomic E-state index is 11.4. The van der Waals surface area contributed by atoms with Gasteiger partial charge in [0.1, 0.15) is 0 Å². The Balaban J connectivity index is 1.83. The first-order chi connectivity index (χ1) is 8.62. The molecule has 0 aromatic heterocycles. The summed E-state index contributed by atoms with van der Waals surface area (Å²) in [4.78, 5) is 0. The fraction of sp³-hybridized carbons (Fsp3) is 0.571. The molecule has 4 heteroatoms. The first-order valence-corrected chi connectivity index (χ1v) is 8.43. The van der Waals surface area contributed by atoms with Crippen LogP contribution in [0.25, 0.3) is 0 Å². The van der Waals surface area contributed by atoms with Crippen molar-refractivity contribution in [1.82, 2.24) is 5.32 Å². The average molecular weight is 267 g/mol. The predicted molar refractivity (Wildman–Crippen MR) is 74.5 cm³/mol. The van der Waals surface area contributed by atoms with Crippen molar-refractivity contribution in [2.75, 3.05) is 18.1 Å². The van der Waals surface area contributed by atoms with E-state index in [4.69, 9.17) is 0 Å². The van der Waals surface area contributed by atoms with Gasteiger partial charge in [-0.2, -0.15) is 0 Å². The lowest BCUT2D eigenvalue weighted by atomic mass is 10.0. The number of benzene rings is 1. The van der Waals surface area contributed by atoms with Gasteiger partial charge in [0.25, 0.3) is 0 Å². The molecule has 100 valence electrons. The lowest BCUT2D eigenvalue weighted by Crippen LogP contribution is -2.23. The van der Waals surface area contributed by atoms with Gasteiger partial charge in [0, 0.05) is 18.8 Å². The largest absolute Gasteiger partial charge is 0.312 e. The van der Waals surface area contributed by atoms with Crippen LogP contribution in [0.5, 0.6) is 0 Å². The zero-order valence-corrected chi connectivity index (χ0v) is 11.7. The quantitative estimate of drug-likeness (QED) is 0.769. The van der Waals surface area contributed by atoms with Crippen LogP contribution in [-0.4, -0.2) is 26.5 Å². The Morgan fingerprint density at radius 3 is 2.67 bits per heavy atom. The standard InChI is InChI=1S/C14H21NO2S/c1-2-18(16,17)10-9-15-11-13-5-3-4-6-14(13)12-7-8-12/h3-6,12,15H,2,7-11H2,1H3. The van der Waals surface area contributed by atoms with Crippen LogP contribution >= 0.6 is 0 Å². The van der Waals surface area contributed by atoms with Crippen molar-refractivity contribution in [3.8, 4) is 0 Å². The number of rotatable bonds is 7. The molecule has 2 rings (SSSR count). The molecule has 0 bridgehead atoms. The van der Waals surface area contributed by atoms with Crippen molar-refractivity contribution in [3.63, 3.8) is 0 Å². The third-order valence-corrected chi connectivity index (χ3v) is 5.12. The molecular formula is C14H21NO2S. The van der Waals surface area contributed by atoms with E-state index < -0.39 is 9.84 Å². The zero-order valence-electron chi connectivity index (χ0n) is 10.9. The van der Waals surface area contributed by atoms with E-state index in [1.807, 2.05) is 6.07 Å². The summed E-state index contributed by atoms with van der Waals surface area (Å²) in [6.45, 7) is 3.00. The van der Waals surface area contributed by atoms with Gasteiger partial charge in [-0.25, -0.2) is 8.42 Å². The van der Waals surface area contributed by atoms with Crippen molar-refractivity contribution in [1.29, 1.82) is 0 Å². The summed E-state index contributed by atoms with van der Waals surface area (Å²) < 4.78 is 22.7. The molecule has 1 saturated carbocycles. The number of sulfone groups is 1. The molecule has 0 spiro atoms. The maximum absolute atomic E-state index is 11.4. The second kappa shape index (κ2) is 5.85. The monoisotopic (exact) mass is 267 g/mol. The molecule has 3 nitrogen and oxygen atoms in total. The molecule has 0 radical (unpaired) electrons. The minimum Gasteiger partial charge on any atom is -0.312 e. The molecule has 0 aliphatic heterocycles. The summed E-state index contributed by atoms with van der Waals surface area (Å²) >= 11 is 0. The lowest BCUT2D eigenvalue weighted by Gasteiger charge is -2.09. The minimum atomic E-state index is -2.85. The molecule has 18 heavy (non-hydrogen) atoms. The molecule has 1 aliphatic carbocycles. The van der Waals surface area contributed by atoms with E-state index in [0.29, 0.717) is 6.54 Å². The second-order valence-corrected chi connectivity index (χ2v) is 7.36. The number of hydrogen-bond acceptors (Lipinski definition) is 3. The predicted octanol–water partition coefficient (Wildman–Crippen LogP) is 2.09. The van der Waals surface area contributed by atoms with E-state index in [-0.39, 0.29) is 11.5 Å². The third kappa shape index (κ3) is 3.82. The Hall–Kier alpha value is -0.870. The van der Waals surface area contributed by atoms with Gasteiger partial charge in [-0.05, 0) is 29.9 Å². The number of hydrogen-bond donors (Lipinski definition) is 1. The molecule has 1 aromatic carbocycles. The molecule has 0 heterocycles. The highest BCUT2D eigenvalue weighted by Crippen LogP contribution is 2.41. The summed E-state index contributed by atoms with van der Waals surface area (Å²) in [6.07, 6.45) is 2.59. The Bertz CT molecular complexity index is 492. The van der Waals surface area contributed by atoms with Crippen LogP contribution < -0.4 is 5.32 Å². The van der Waals surface area contributed by atoms with E-state index in [1.54, 1.807) is 6.92 Å². The summed E-state index contributed by atoms with van der Waals surface area (Å²) in [7, 11) is -2.85. The van der Waals surface area contributed by atoms with E-state index in [1.165, 1.54) is 24.0 Å². The SMILES string of the molecule is CCS(=O)(=O)CCNCc1ccccc1C1CC1. The van der Waals surface area contributed by atoms with Gasteiger partial charge in [-0.3, -0.25) is 0 Å². The Morgan fingerprint density at radius 2 is 2.00 bits per heavy atom. The van der Waals surface area contributed by atoms with Gasteiger partial charge in [0.2, 0.25) is 0 Å². The third-order valence-electron chi connectivity index (χ3n) is 3.42. The highest BCUT2D eigenvalue weighted by molar-refractivity contribution is 7.91. The van der Waals surface area contributed by atoms with Crippen LogP contribution in [0.15, 0.2) is 24.3 Å². The van der Waals surface area contributed by atoms with Gasteiger partial charge in [-0.1, -0.05) is 31.2 Å². The Morgan fingerprint density at radius 1 is 1.28 bits per heavy atom. The van der Waals surface area contributed by atoms with Crippen molar-refractivity contribution < 1.29 is 8.42 Å². The minimum absolute atomic E-state index is 0.230. The normalized spacial score (nSPS) is 15.8. The van der Waals surface area contributed by atoms with Crippen molar-refractivity contribution in [3.05, 3.63) is 35.4 Å². The van der Waals surface area contributed by atoms with E-state index >= 15 is 0 Å². The highest BCUT2D eigenvalue weighted by Gasteiger charge is 2.25. The molecule has 0 amide bonds. The smallest absolute Gasteiger partial charge is 0.151 e. The van der Waals surface area contributed by atoms with Crippen LogP contribution in [0.3, 0.4) is 0 Å². The molecule has 1 aromatic rings. The topological polar surface area (TPSA) is 46.2 Å². The van der Waals surface area contributed by atoms with Gasteiger partial charge in [0.15, 0.2) is 9.84 Å². The zero-order chi connectivity index (χ0) is 13.0. The Kier molecular flexibility index (Phi) is 4.40. The van der Waals surface area contributed by atoms with E-state index in [0.717, 1.165) is 12.5 Å². The summed E-state index contributed by atoms with van der Waals surface area (Å²) in [5.41, 5.74) is 2.75. The van der Waals surface area contributed by atoms with Gasteiger partial charge >= 0.3 is 0 Å². The first-order valence-electron chi connectivity index (χ1n) is 6.61. The molecule has 1 fully saturated rings. The van der Waals surface area contributed by atoms with Gasteiger partial charge in [0.05, 0.1) is 5.75 Å². The fourth-order valence-electron chi connectivity index (χ4n) is 2.08. The highest BCUT2D eigenvalue weighted by atomic mass is 32.2. The van der Waals surface area contributed by atoms with Gasteiger partial charge in [-0.15, -0.1) is 0 Å². The molecule has 0 saturated heterocycles. The molecule has 1 aliphatic rings. The average Bonchev–Trinajstić information content (AvgIpc) is 3.19. The molecule has 0 atom stereocenters. The lowest BCUT2D eigenvalue weighted by molar-refractivity contribution is 0.591. The number of nitrogens with one attached hydrogen (secondary N) is 1. The second-order valence-electron chi connectivity index (χ2n) is 4.89.